The molecule has 7 heteroatoms. The lowest BCUT2D eigenvalue weighted by atomic mass is 10.1. The van der Waals surface area contributed by atoms with Gasteiger partial charge in [-0.2, -0.15) is 4.98 Å². The Kier molecular flexibility index (Phi) is 5.39. The normalized spacial score (nSPS) is 20.2. The van der Waals surface area contributed by atoms with Crippen LogP contribution in [-0.2, 0) is 11.3 Å². The predicted octanol–water partition coefficient (Wildman–Crippen LogP) is 2.34. The number of amides is 1. The van der Waals surface area contributed by atoms with Crippen LogP contribution in [0, 0.1) is 0 Å². The zero-order chi connectivity index (χ0) is 16.2. The van der Waals surface area contributed by atoms with Crippen molar-refractivity contribution in [2.75, 3.05) is 6.54 Å². The fraction of sp³-hybridized carbons (Fsp3) is 0.800. The Labute approximate surface area is 131 Å². The first-order valence-electron chi connectivity index (χ1n) is 7.83. The van der Waals surface area contributed by atoms with Crippen molar-refractivity contribution in [2.45, 2.75) is 71.2 Å². The Morgan fingerprint density at radius 3 is 3.00 bits per heavy atom. The Morgan fingerprint density at radius 1 is 1.59 bits per heavy atom. The molecule has 1 aromatic heterocycles. The van der Waals surface area contributed by atoms with Crippen molar-refractivity contribution < 1.29 is 14.1 Å². The average Bonchev–Trinajstić information content (AvgIpc) is 3.05. The molecular weight excluding hydrogens is 284 g/mol. The summed E-state index contributed by atoms with van der Waals surface area (Å²) < 4.78 is 10.2. The minimum absolute atomic E-state index is 0.208. The van der Waals surface area contributed by atoms with Crippen molar-refractivity contribution in [3.63, 3.8) is 0 Å². The molecule has 0 aliphatic carbocycles. The van der Waals surface area contributed by atoms with E-state index in [0.717, 1.165) is 25.8 Å². The molecule has 7 nitrogen and oxygen atoms in total. The number of aromatic nitrogens is 2. The van der Waals surface area contributed by atoms with Crippen LogP contribution in [0.15, 0.2) is 10.9 Å². The Hall–Kier alpha value is -1.63. The first kappa shape index (κ1) is 16.7. The van der Waals surface area contributed by atoms with Crippen molar-refractivity contribution in [1.29, 1.82) is 0 Å². The summed E-state index contributed by atoms with van der Waals surface area (Å²) in [6, 6.07) is 0.481. The topological polar surface area (TPSA) is 80.5 Å². The maximum absolute atomic E-state index is 12.2. The first-order chi connectivity index (χ1) is 10.3. The molecule has 1 aliphatic rings. The van der Waals surface area contributed by atoms with Crippen LogP contribution in [0.5, 0.6) is 0 Å². The quantitative estimate of drug-likeness (QED) is 0.899. The zero-order valence-electron chi connectivity index (χ0n) is 13.8. The van der Waals surface area contributed by atoms with Gasteiger partial charge in [-0.15, -0.1) is 0 Å². The number of ether oxygens (including phenoxy) is 1. The number of hydrogen-bond donors (Lipinski definition) is 1. The Balaban J connectivity index is 1.81. The second-order valence-corrected chi connectivity index (χ2v) is 6.83. The van der Waals surface area contributed by atoms with Crippen LogP contribution in [0.2, 0.25) is 0 Å². The molecular formula is C15H26N4O3. The van der Waals surface area contributed by atoms with E-state index in [1.807, 2.05) is 25.7 Å². The molecule has 1 aliphatic heterocycles. The van der Waals surface area contributed by atoms with E-state index in [2.05, 4.69) is 22.4 Å². The molecule has 0 spiro atoms. The van der Waals surface area contributed by atoms with E-state index in [0.29, 0.717) is 12.4 Å². The molecule has 0 saturated carbocycles. The van der Waals surface area contributed by atoms with Crippen molar-refractivity contribution >= 4 is 6.09 Å². The van der Waals surface area contributed by atoms with Gasteiger partial charge in [-0.3, -0.25) is 0 Å². The lowest BCUT2D eigenvalue weighted by Gasteiger charge is -2.30. The number of rotatable bonds is 5. The third kappa shape index (κ3) is 4.98. The highest BCUT2D eigenvalue weighted by atomic mass is 16.6. The second kappa shape index (κ2) is 7.09. The van der Waals surface area contributed by atoms with Crippen LogP contribution < -0.4 is 5.32 Å². The van der Waals surface area contributed by atoms with Crippen LogP contribution in [0.25, 0.3) is 0 Å². The van der Waals surface area contributed by atoms with Crippen LogP contribution in [0.4, 0.5) is 4.79 Å². The molecule has 2 rings (SSSR count). The fourth-order valence-corrected chi connectivity index (χ4v) is 2.67. The Morgan fingerprint density at radius 2 is 2.36 bits per heavy atom. The lowest BCUT2D eigenvalue weighted by Crippen LogP contribution is -2.42. The van der Waals surface area contributed by atoms with Gasteiger partial charge in [0.25, 0.3) is 0 Å². The highest BCUT2D eigenvalue weighted by molar-refractivity contribution is 5.68. The summed E-state index contributed by atoms with van der Waals surface area (Å²) >= 11 is 0. The lowest BCUT2D eigenvalue weighted by molar-refractivity contribution is 0.0214. The molecule has 1 amide bonds. The maximum Gasteiger partial charge on any atom is 0.410 e. The van der Waals surface area contributed by atoms with Gasteiger partial charge < -0.3 is 19.5 Å². The summed E-state index contributed by atoms with van der Waals surface area (Å²) in [5.41, 5.74) is -0.452. The van der Waals surface area contributed by atoms with Gasteiger partial charge in [0.15, 0.2) is 5.82 Å². The molecule has 22 heavy (non-hydrogen) atoms. The third-order valence-electron chi connectivity index (χ3n) is 3.65. The van der Waals surface area contributed by atoms with Crippen LogP contribution in [0.3, 0.4) is 0 Å². The van der Waals surface area contributed by atoms with Crippen LogP contribution >= 0.6 is 0 Å². The molecule has 0 aromatic carbocycles. The number of carbonyl (C=O) groups is 1. The number of likely N-dealkylation sites (tertiary alicyclic amines) is 1. The smallest absolute Gasteiger partial charge is 0.410 e. The van der Waals surface area contributed by atoms with E-state index in [1.165, 1.54) is 6.39 Å². The summed E-state index contributed by atoms with van der Waals surface area (Å²) in [5, 5.41) is 7.13. The molecule has 2 unspecified atom stereocenters. The number of nitrogens with zero attached hydrogens (tertiary/aromatic N) is 3. The molecule has 2 atom stereocenters. The summed E-state index contributed by atoms with van der Waals surface area (Å²) in [6.07, 6.45) is 4.05. The van der Waals surface area contributed by atoms with Gasteiger partial charge in [-0.1, -0.05) is 5.16 Å². The summed E-state index contributed by atoms with van der Waals surface area (Å²) in [4.78, 5) is 18.1. The minimum atomic E-state index is -0.452. The average molecular weight is 310 g/mol. The van der Waals surface area contributed by atoms with E-state index in [9.17, 15) is 4.79 Å². The predicted molar refractivity (Wildman–Crippen MR) is 81.2 cm³/mol. The zero-order valence-corrected chi connectivity index (χ0v) is 13.8. The molecule has 1 saturated heterocycles. The third-order valence-corrected chi connectivity index (χ3v) is 3.65. The SMILES string of the molecule is CC(CC1CCCN1C(=O)OC(C)(C)C)NCc1ncon1. The van der Waals surface area contributed by atoms with Gasteiger partial charge in [0.05, 0.1) is 6.54 Å². The van der Waals surface area contributed by atoms with Crippen molar-refractivity contribution in [3.05, 3.63) is 12.2 Å². The van der Waals surface area contributed by atoms with Gasteiger partial charge in [0.2, 0.25) is 6.39 Å². The molecule has 1 aromatic rings. The van der Waals surface area contributed by atoms with E-state index in [1.54, 1.807) is 0 Å². The summed E-state index contributed by atoms with van der Waals surface area (Å²) in [7, 11) is 0. The van der Waals surface area contributed by atoms with Gasteiger partial charge in [-0.05, 0) is 47.0 Å². The van der Waals surface area contributed by atoms with Crippen LogP contribution in [0.1, 0.15) is 52.8 Å². The van der Waals surface area contributed by atoms with E-state index < -0.39 is 5.60 Å². The van der Waals surface area contributed by atoms with Crippen molar-refractivity contribution in [2.24, 2.45) is 0 Å². The van der Waals surface area contributed by atoms with Gasteiger partial charge in [0, 0.05) is 18.6 Å². The van der Waals surface area contributed by atoms with Gasteiger partial charge in [-0.25, -0.2) is 4.79 Å². The van der Waals surface area contributed by atoms with Crippen LogP contribution in [-0.4, -0.2) is 45.4 Å². The molecule has 0 bridgehead atoms. The Bertz CT molecular complexity index is 470. The second-order valence-electron chi connectivity index (χ2n) is 6.83. The summed E-state index contributed by atoms with van der Waals surface area (Å²) in [6.45, 7) is 9.13. The minimum Gasteiger partial charge on any atom is -0.444 e. The molecule has 2 heterocycles. The number of hydrogen-bond acceptors (Lipinski definition) is 6. The first-order valence-corrected chi connectivity index (χ1v) is 7.83. The highest BCUT2D eigenvalue weighted by Crippen LogP contribution is 2.24. The largest absolute Gasteiger partial charge is 0.444 e. The fourth-order valence-electron chi connectivity index (χ4n) is 2.67. The molecule has 0 radical (unpaired) electrons. The van der Waals surface area contributed by atoms with E-state index in [-0.39, 0.29) is 18.2 Å². The van der Waals surface area contributed by atoms with E-state index in [4.69, 9.17) is 9.26 Å². The number of carbonyl (C=O) groups excluding carboxylic acids is 1. The number of nitrogens with one attached hydrogen (secondary N) is 1. The summed E-state index contributed by atoms with van der Waals surface area (Å²) in [5.74, 6) is 0.641. The van der Waals surface area contributed by atoms with Gasteiger partial charge >= 0.3 is 6.09 Å². The molecule has 1 fully saturated rings. The van der Waals surface area contributed by atoms with E-state index >= 15 is 0 Å². The highest BCUT2D eigenvalue weighted by Gasteiger charge is 2.32. The van der Waals surface area contributed by atoms with Crippen molar-refractivity contribution in [3.8, 4) is 0 Å². The standard InChI is InChI=1S/C15H26N4O3/c1-11(16-9-13-17-10-21-18-13)8-12-6-5-7-19(12)14(20)22-15(2,3)4/h10-12,16H,5-9H2,1-4H3. The monoisotopic (exact) mass is 310 g/mol. The maximum atomic E-state index is 12.2. The van der Waals surface area contributed by atoms with Crippen molar-refractivity contribution in [1.82, 2.24) is 20.4 Å². The molecule has 1 N–H and O–H groups in total. The molecule has 124 valence electrons. The van der Waals surface area contributed by atoms with Gasteiger partial charge in [0.1, 0.15) is 5.60 Å².